The monoisotopic (exact) mass is 202 g/mol. The molecule has 4 heteroatoms. The lowest BCUT2D eigenvalue weighted by Crippen LogP contribution is -2.50. The second-order valence-corrected chi connectivity index (χ2v) is 2.85. The molecular weight excluding hydrogens is 184 g/mol. The third-order valence-corrected chi connectivity index (χ3v) is 2.21. The molecule has 0 saturated heterocycles. The van der Waals surface area contributed by atoms with Crippen LogP contribution in [0.1, 0.15) is 20.3 Å². The molecule has 0 rings (SSSR count). The number of hydrogen-bond acceptors (Lipinski definition) is 4. The first-order valence-corrected chi connectivity index (χ1v) is 4.62. The Morgan fingerprint density at radius 1 is 1.64 bits per heavy atom. The van der Waals surface area contributed by atoms with Crippen molar-refractivity contribution in [1.29, 1.82) is 0 Å². The molecule has 0 aliphatic heterocycles. The summed E-state index contributed by atoms with van der Waals surface area (Å²) in [6.07, 6.45) is 0.538. The molecule has 0 aliphatic carbocycles. The van der Waals surface area contributed by atoms with Crippen molar-refractivity contribution in [3.8, 4) is 0 Å². The van der Waals surface area contributed by atoms with Gasteiger partial charge in [0.15, 0.2) is 5.60 Å². The summed E-state index contributed by atoms with van der Waals surface area (Å²) in [7, 11) is 1.37. The summed E-state index contributed by atoms with van der Waals surface area (Å²) >= 11 is 0. The predicted molar refractivity (Wildman–Crippen MR) is 52.9 cm³/mol. The highest BCUT2D eigenvalue weighted by molar-refractivity contribution is 5.80. The van der Waals surface area contributed by atoms with Gasteiger partial charge in [0.25, 0.3) is 0 Å². The van der Waals surface area contributed by atoms with Crippen molar-refractivity contribution < 1.29 is 19.4 Å². The largest absolute Gasteiger partial charge is 0.464 e. The van der Waals surface area contributed by atoms with E-state index in [0.29, 0.717) is 6.42 Å². The molecule has 0 saturated carbocycles. The van der Waals surface area contributed by atoms with Crippen molar-refractivity contribution in [3.63, 3.8) is 0 Å². The number of aliphatic hydroxyl groups is 1. The molecule has 0 aromatic rings. The van der Waals surface area contributed by atoms with E-state index in [2.05, 4.69) is 6.58 Å². The molecule has 0 amide bonds. The Hall–Kier alpha value is -0.870. The zero-order valence-corrected chi connectivity index (χ0v) is 8.95. The van der Waals surface area contributed by atoms with Crippen LogP contribution in [0.4, 0.5) is 0 Å². The zero-order valence-electron chi connectivity index (χ0n) is 8.95. The molecule has 2 unspecified atom stereocenters. The van der Waals surface area contributed by atoms with Gasteiger partial charge in [0.1, 0.15) is 6.10 Å². The number of hydrogen-bond donors (Lipinski definition) is 1. The number of aliphatic hydroxyl groups excluding tert-OH is 1. The van der Waals surface area contributed by atoms with Crippen molar-refractivity contribution in [1.82, 2.24) is 0 Å². The van der Waals surface area contributed by atoms with Crippen LogP contribution in [0, 0.1) is 0 Å². The molecule has 0 heterocycles. The van der Waals surface area contributed by atoms with E-state index in [4.69, 9.17) is 9.47 Å². The van der Waals surface area contributed by atoms with Crippen LogP contribution in [0.25, 0.3) is 0 Å². The van der Waals surface area contributed by atoms with Gasteiger partial charge in [-0.2, -0.15) is 0 Å². The first-order valence-electron chi connectivity index (χ1n) is 4.62. The van der Waals surface area contributed by atoms with E-state index < -0.39 is 17.7 Å². The summed E-state index contributed by atoms with van der Waals surface area (Å²) in [5.74, 6) is -0.558. The maximum Gasteiger partial charge on any atom is 0.341 e. The summed E-state index contributed by atoms with van der Waals surface area (Å²) in [6.45, 7) is 7.13. The minimum absolute atomic E-state index is 0.258. The quantitative estimate of drug-likeness (QED) is 0.513. The van der Waals surface area contributed by atoms with Crippen LogP contribution in [0.5, 0.6) is 0 Å². The Morgan fingerprint density at radius 3 is 2.50 bits per heavy atom. The lowest BCUT2D eigenvalue weighted by atomic mass is 9.93. The molecule has 4 nitrogen and oxygen atoms in total. The summed E-state index contributed by atoms with van der Waals surface area (Å²) in [6, 6.07) is 0. The third-order valence-electron chi connectivity index (χ3n) is 2.21. The predicted octanol–water partition coefficient (Wildman–Crippen LogP) is 0.892. The third kappa shape index (κ3) is 2.33. The van der Waals surface area contributed by atoms with Crippen LogP contribution in [0.2, 0.25) is 0 Å². The Balaban J connectivity index is 4.85. The topological polar surface area (TPSA) is 55.8 Å². The van der Waals surface area contributed by atoms with E-state index in [0.717, 1.165) is 0 Å². The van der Waals surface area contributed by atoms with Crippen molar-refractivity contribution in [2.24, 2.45) is 0 Å². The first-order chi connectivity index (χ1) is 6.58. The minimum Gasteiger partial charge on any atom is -0.464 e. The van der Waals surface area contributed by atoms with Gasteiger partial charge in [0.05, 0.1) is 6.61 Å². The summed E-state index contributed by atoms with van der Waals surface area (Å²) in [5, 5.41) is 9.62. The fourth-order valence-corrected chi connectivity index (χ4v) is 1.27. The second kappa shape index (κ2) is 5.78. The van der Waals surface area contributed by atoms with E-state index >= 15 is 0 Å². The second-order valence-electron chi connectivity index (χ2n) is 2.85. The van der Waals surface area contributed by atoms with Gasteiger partial charge >= 0.3 is 5.97 Å². The average molecular weight is 202 g/mol. The van der Waals surface area contributed by atoms with Gasteiger partial charge in [-0.25, -0.2) is 4.79 Å². The van der Waals surface area contributed by atoms with Crippen LogP contribution in [-0.2, 0) is 14.3 Å². The van der Waals surface area contributed by atoms with Crippen molar-refractivity contribution in [2.75, 3.05) is 13.7 Å². The molecule has 14 heavy (non-hydrogen) atoms. The molecule has 0 radical (unpaired) electrons. The maximum absolute atomic E-state index is 11.6. The van der Waals surface area contributed by atoms with Crippen molar-refractivity contribution >= 4 is 5.97 Å². The van der Waals surface area contributed by atoms with E-state index in [1.54, 1.807) is 13.8 Å². The fraction of sp³-hybridized carbons (Fsp3) is 0.700. The molecule has 2 atom stereocenters. The average Bonchev–Trinajstić information content (AvgIpc) is 2.20. The Morgan fingerprint density at radius 2 is 2.21 bits per heavy atom. The number of rotatable bonds is 6. The van der Waals surface area contributed by atoms with Gasteiger partial charge in [0, 0.05) is 7.11 Å². The summed E-state index contributed by atoms with van der Waals surface area (Å²) in [4.78, 5) is 11.6. The maximum atomic E-state index is 11.6. The number of carbonyl (C=O) groups is 1. The summed E-state index contributed by atoms with van der Waals surface area (Å²) in [5.41, 5.74) is -1.32. The molecule has 82 valence electrons. The highest BCUT2D eigenvalue weighted by Gasteiger charge is 2.44. The van der Waals surface area contributed by atoms with E-state index in [1.165, 1.54) is 13.2 Å². The molecule has 0 aliphatic rings. The standard InChI is InChI=1S/C10H18O4/c1-5-8(11)10(6-2,13-4)9(12)14-7-3/h5,8,11H,1,6-7H2,2-4H3. The zero-order chi connectivity index (χ0) is 11.2. The minimum atomic E-state index is -1.32. The molecule has 0 fully saturated rings. The number of carbonyl (C=O) groups excluding carboxylic acids is 1. The van der Waals surface area contributed by atoms with Gasteiger partial charge in [-0.15, -0.1) is 6.58 Å². The molecule has 0 aromatic carbocycles. The van der Waals surface area contributed by atoms with Crippen LogP contribution in [-0.4, -0.2) is 36.5 Å². The van der Waals surface area contributed by atoms with Crippen molar-refractivity contribution in [3.05, 3.63) is 12.7 Å². The first kappa shape index (κ1) is 13.1. The number of esters is 1. The lowest BCUT2D eigenvalue weighted by Gasteiger charge is -2.31. The van der Waals surface area contributed by atoms with E-state index in [1.807, 2.05) is 0 Å². The van der Waals surface area contributed by atoms with Gasteiger partial charge < -0.3 is 14.6 Å². The van der Waals surface area contributed by atoms with Gasteiger partial charge in [-0.05, 0) is 13.3 Å². The molecule has 0 bridgehead atoms. The highest BCUT2D eigenvalue weighted by Crippen LogP contribution is 2.22. The van der Waals surface area contributed by atoms with E-state index in [9.17, 15) is 9.90 Å². The lowest BCUT2D eigenvalue weighted by molar-refractivity contribution is -0.180. The highest BCUT2D eigenvalue weighted by atomic mass is 16.6. The molecular formula is C10H18O4. The SMILES string of the molecule is C=CC(O)C(CC)(OC)C(=O)OCC. The van der Waals surface area contributed by atoms with Crippen LogP contribution in [0.15, 0.2) is 12.7 Å². The van der Waals surface area contributed by atoms with Crippen LogP contribution in [0.3, 0.4) is 0 Å². The van der Waals surface area contributed by atoms with Gasteiger partial charge in [-0.1, -0.05) is 13.0 Å². The summed E-state index contributed by atoms with van der Waals surface area (Å²) < 4.78 is 9.90. The fourth-order valence-electron chi connectivity index (χ4n) is 1.27. The van der Waals surface area contributed by atoms with Crippen LogP contribution < -0.4 is 0 Å². The molecule has 0 spiro atoms. The Labute approximate surface area is 84.5 Å². The van der Waals surface area contributed by atoms with E-state index in [-0.39, 0.29) is 6.61 Å². The van der Waals surface area contributed by atoms with Crippen molar-refractivity contribution in [2.45, 2.75) is 32.0 Å². The number of ether oxygens (including phenoxy) is 2. The normalized spacial score (nSPS) is 16.9. The Kier molecular flexibility index (Phi) is 5.42. The van der Waals surface area contributed by atoms with Gasteiger partial charge in [0.2, 0.25) is 0 Å². The van der Waals surface area contributed by atoms with Crippen LogP contribution >= 0.6 is 0 Å². The Bertz CT molecular complexity index is 196. The molecule has 0 aromatic heterocycles. The number of methoxy groups -OCH3 is 1. The molecule has 1 N–H and O–H groups in total. The van der Waals surface area contributed by atoms with Gasteiger partial charge in [-0.3, -0.25) is 0 Å². The smallest absolute Gasteiger partial charge is 0.341 e.